The third kappa shape index (κ3) is 2.73. The maximum absolute atomic E-state index is 13.7. The molecule has 0 N–H and O–H groups in total. The molecule has 108 valence electrons. The first-order chi connectivity index (χ1) is 9.57. The van der Waals surface area contributed by atoms with Crippen molar-refractivity contribution < 1.29 is 18.3 Å². The average Bonchev–Trinajstić information content (AvgIpc) is 3.18. The second kappa shape index (κ2) is 5.00. The summed E-state index contributed by atoms with van der Waals surface area (Å²) in [5.41, 5.74) is -1.60. The maximum Gasteiger partial charge on any atom is 0.260 e. The highest BCUT2D eigenvalue weighted by Gasteiger charge is 2.53. The van der Waals surface area contributed by atoms with Crippen LogP contribution in [0.3, 0.4) is 0 Å². The van der Waals surface area contributed by atoms with E-state index >= 15 is 0 Å². The Hall–Kier alpha value is -1.72. The van der Waals surface area contributed by atoms with E-state index < -0.39 is 11.6 Å². The van der Waals surface area contributed by atoms with E-state index in [2.05, 4.69) is 4.98 Å². The lowest BCUT2D eigenvalue weighted by atomic mass is 10.1. The molecule has 0 unspecified atom stereocenters. The van der Waals surface area contributed by atoms with Crippen LogP contribution in [0.25, 0.3) is 0 Å². The van der Waals surface area contributed by atoms with Gasteiger partial charge in [-0.3, -0.25) is 4.79 Å². The Morgan fingerprint density at radius 1 is 1.35 bits per heavy atom. The van der Waals surface area contributed by atoms with Crippen LogP contribution in [0.1, 0.15) is 25.7 Å². The zero-order valence-electron chi connectivity index (χ0n) is 11.0. The van der Waals surface area contributed by atoms with E-state index in [9.17, 15) is 13.6 Å². The van der Waals surface area contributed by atoms with Crippen molar-refractivity contribution in [3.05, 3.63) is 24.1 Å². The molecule has 0 spiro atoms. The minimum Gasteiger partial charge on any atom is -0.474 e. The molecule has 0 bridgehead atoms. The molecule has 1 saturated heterocycles. The normalized spacial score (nSPS) is 21.6. The second-order valence-electron chi connectivity index (χ2n) is 5.37. The first-order valence-corrected chi connectivity index (χ1v) is 6.84. The van der Waals surface area contributed by atoms with E-state index in [0.717, 1.165) is 0 Å². The Morgan fingerprint density at radius 2 is 2.05 bits per heavy atom. The minimum absolute atomic E-state index is 0.108. The van der Waals surface area contributed by atoms with Gasteiger partial charge in [0.2, 0.25) is 11.8 Å². The molecule has 2 heterocycles. The van der Waals surface area contributed by atoms with Gasteiger partial charge in [0.05, 0.1) is 0 Å². The lowest BCUT2D eigenvalue weighted by molar-refractivity contribution is -0.140. The Morgan fingerprint density at radius 3 is 2.65 bits per heavy atom. The van der Waals surface area contributed by atoms with E-state index in [4.69, 9.17) is 4.74 Å². The largest absolute Gasteiger partial charge is 0.474 e. The average molecular weight is 282 g/mol. The van der Waals surface area contributed by atoms with Gasteiger partial charge in [0.25, 0.3) is 5.91 Å². The van der Waals surface area contributed by atoms with Crippen LogP contribution >= 0.6 is 0 Å². The lowest BCUT2D eigenvalue weighted by Gasteiger charge is -2.32. The van der Waals surface area contributed by atoms with Crippen molar-refractivity contribution in [2.45, 2.75) is 37.5 Å². The number of halogens is 2. The number of amides is 1. The zero-order valence-corrected chi connectivity index (χ0v) is 11.0. The molecule has 1 aliphatic heterocycles. The molecule has 1 aromatic heterocycles. The van der Waals surface area contributed by atoms with Crippen LogP contribution in [-0.4, -0.2) is 40.7 Å². The topological polar surface area (TPSA) is 42.4 Å². The highest BCUT2D eigenvalue weighted by atomic mass is 19.1. The second-order valence-corrected chi connectivity index (χ2v) is 5.37. The number of likely N-dealkylation sites (tertiary alicyclic amines) is 1. The van der Waals surface area contributed by atoms with Gasteiger partial charge >= 0.3 is 0 Å². The summed E-state index contributed by atoms with van der Waals surface area (Å²) in [6.07, 6.45) is 1.80. The summed E-state index contributed by atoms with van der Waals surface area (Å²) < 4.78 is 32.2. The molecule has 0 atom stereocenters. The van der Waals surface area contributed by atoms with Crippen molar-refractivity contribution in [2.24, 2.45) is 0 Å². The SMILES string of the molecule is O=C(N1CCC(Oc2cccc(F)n2)CC1)C1(F)CC1. The number of alkyl halides is 1. The first kappa shape index (κ1) is 13.3. The van der Waals surface area contributed by atoms with Crippen molar-refractivity contribution in [2.75, 3.05) is 13.1 Å². The quantitative estimate of drug-likeness (QED) is 0.797. The first-order valence-electron chi connectivity index (χ1n) is 6.84. The molecule has 1 aromatic rings. The van der Waals surface area contributed by atoms with Crippen molar-refractivity contribution in [3.63, 3.8) is 0 Å². The standard InChI is InChI=1S/C14H16F2N2O2/c15-11-2-1-3-12(17-11)20-10-4-8-18(9-5-10)13(19)14(16)6-7-14/h1-3,10H,4-9H2. The van der Waals surface area contributed by atoms with Gasteiger partial charge in [0.1, 0.15) is 6.10 Å². The van der Waals surface area contributed by atoms with Gasteiger partial charge < -0.3 is 9.64 Å². The number of hydrogen-bond donors (Lipinski definition) is 0. The third-order valence-corrected chi connectivity index (χ3v) is 3.78. The van der Waals surface area contributed by atoms with E-state index in [1.165, 1.54) is 12.1 Å². The molecule has 0 radical (unpaired) electrons. The summed E-state index contributed by atoms with van der Waals surface area (Å²) in [6, 6.07) is 4.39. The molecule has 1 aliphatic carbocycles. The van der Waals surface area contributed by atoms with Gasteiger partial charge in [0, 0.05) is 32.0 Å². The van der Waals surface area contributed by atoms with E-state index in [-0.39, 0.29) is 17.9 Å². The number of carbonyl (C=O) groups is 1. The summed E-state index contributed by atoms with van der Waals surface area (Å²) in [6.45, 7) is 0.953. The van der Waals surface area contributed by atoms with Gasteiger partial charge in [-0.2, -0.15) is 9.37 Å². The molecule has 0 aromatic carbocycles. The van der Waals surface area contributed by atoms with Crippen LogP contribution in [-0.2, 0) is 4.79 Å². The number of ether oxygens (including phenoxy) is 1. The smallest absolute Gasteiger partial charge is 0.260 e. The molecule has 2 fully saturated rings. The Balaban J connectivity index is 1.52. The van der Waals surface area contributed by atoms with Crippen LogP contribution in [0.5, 0.6) is 5.88 Å². The predicted octanol–water partition coefficient (Wildman–Crippen LogP) is 2.09. The van der Waals surface area contributed by atoms with E-state index in [0.29, 0.717) is 38.8 Å². The van der Waals surface area contributed by atoms with Crippen LogP contribution in [0.4, 0.5) is 8.78 Å². The molecule has 1 amide bonds. The summed E-state index contributed by atoms with van der Waals surface area (Å²) in [7, 11) is 0. The van der Waals surface area contributed by atoms with Crippen LogP contribution < -0.4 is 4.74 Å². The maximum atomic E-state index is 13.7. The molecule has 4 nitrogen and oxygen atoms in total. The number of rotatable bonds is 3. The Bertz CT molecular complexity index is 512. The predicted molar refractivity (Wildman–Crippen MR) is 67.5 cm³/mol. The summed E-state index contributed by atoms with van der Waals surface area (Å²) in [4.78, 5) is 17.0. The van der Waals surface area contributed by atoms with Crippen LogP contribution in [0, 0.1) is 5.95 Å². The Kier molecular flexibility index (Phi) is 3.31. The number of hydrogen-bond acceptors (Lipinski definition) is 3. The zero-order chi connectivity index (χ0) is 14.2. The van der Waals surface area contributed by atoms with E-state index in [1.807, 2.05) is 0 Å². The fraction of sp³-hybridized carbons (Fsp3) is 0.571. The number of piperidine rings is 1. The molecular weight excluding hydrogens is 266 g/mol. The van der Waals surface area contributed by atoms with Crippen molar-refractivity contribution in [1.82, 2.24) is 9.88 Å². The van der Waals surface area contributed by atoms with Gasteiger partial charge in [0.15, 0.2) is 5.67 Å². The molecule has 2 aliphatic rings. The third-order valence-electron chi connectivity index (χ3n) is 3.78. The van der Waals surface area contributed by atoms with Crippen molar-refractivity contribution in [3.8, 4) is 5.88 Å². The number of pyridine rings is 1. The van der Waals surface area contributed by atoms with Gasteiger partial charge in [-0.1, -0.05) is 6.07 Å². The Labute approximate surface area is 115 Å². The number of nitrogens with zero attached hydrogens (tertiary/aromatic N) is 2. The van der Waals surface area contributed by atoms with E-state index in [1.54, 1.807) is 11.0 Å². The molecule has 3 rings (SSSR count). The molecular formula is C14H16F2N2O2. The van der Waals surface area contributed by atoms with Gasteiger partial charge in [-0.05, 0) is 18.9 Å². The highest BCUT2D eigenvalue weighted by Crippen LogP contribution is 2.41. The molecule has 1 saturated carbocycles. The minimum atomic E-state index is -1.60. The van der Waals surface area contributed by atoms with Crippen molar-refractivity contribution in [1.29, 1.82) is 0 Å². The van der Waals surface area contributed by atoms with Crippen LogP contribution in [0.2, 0.25) is 0 Å². The summed E-state index contributed by atoms with van der Waals surface area (Å²) in [5, 5.41) is 0. The molecule has 6 heteroatoms. The fourth-order valence-electron chi connectivity index (χ4n) is 2.41. The lowest BCUT2D eigenvalue weighted by Crippen LogP contribution is -2.45. The summed E-state index contributed by atoms with van der Waals surface area (Å²) in [5.74, 6) is -0.720. The number of carbonyl (C=O) groups excluding carboxylic acids is 1. The fourth-order valence-corrected chi connectivity index (χ4v) is 2.41. The molecule has 20 heavy (non-hydrogen) atoms. The summed E-state index contributed by atoms with van der Waals surface area (Å²) >= 11 is 0. The number of aromatic nitrogens is 1. The van der Waals surface area contributed by atoms with Gasteiger partial charge in [-0.15, -0.1) is 0 Å². The van der Waals surface area contributed by atoms with Crippen LogP contribution in [0.15, 0.2) is 18.2 Å². The highest BCUT2D eigenvalue weighted by molar-refractivity contribution is 5.88. The van der Waals surface area contributed by atoms with Gasteiger partial charge in [-0.25, -0.2) is 4.39 Å². The monoisotopic (exact) mass is 282 g/mol. The van der Waals surface area contributed by atoms with Crippen molar-refractivity contribution >= 4 is 5.91 Å².